The Morgan fingerprint density at radius 3 is 2.56 bits per heavy atom. The molecule has 102 valence electrons. The summed E-state index contributed by atoms with van der Waals surface area (Å²) < 4.78 is 25.6. The van der Waals surface area contributed by atoms with Crippen molar-refractivity contribution in [2.75, 3.05) is 27.2 Å². The zero-order valence-corrected chi connectivity index (χ0v) is 11.2. The van der Waals surface area contributed by atoms with Crippen molar-refractivity contribution in [3.8, 4) is 0 Å². The van der Waals surface area contributed by atoms with Gasteiger partial charge in [-0.25, -0.2) is 8.78 Å². The summed E-state index contributed by atoms with van der Waals surface area (Å²) in [6, 6.07) is 3.51. The smallest absolute Gasteiger partial charge is 0.226 e. The van der Waals surface area contributed by atoms with E-state index in [0.717, 1.165) is 12.1 Å². The topological polar surface area (TPSA) is 32.3 Å². The molecule has 0 aliphatic heterocycles. The van der Waals surface area contributed by atoms with Crippen molar-refractivity contribution in [3.63, 3.8) is 0 Å². The van der Waals surface area contributed by atoms with Crippen molar-refractivity contribution < 1.29 is 13.6 Å². The highest BCUT2D eigenvalue weighted by Gasteiger charge is 2.10. The number of carbonyl (C=O) groups excluding carboxylic acids is 1. The van der Waals surface area contributed by atoms with E-state index in [1.807, 2.05) is 0 Å². The molecule has 1 rings (SSSR count). The van der Waals surface area contributed by atoms with Crippen molar-refractivity contribution >= 4 is 18.3 Å². The molecule has 1 amide bonds. The van der Waals surface area contributed by atoms with Crippen LogP contribution in [-0.4, -0.2) is 38.0 Å². The lowest BCUT2D eigenvalue weighted by atomic mass is 10.1. The molecular weight excluding hydrogens is 262 g/mol. The Hall–Kier alpha value is -1.20. The highest BCUT2D eigenvalue weighted by atomic mass is 35.5. The van der Waals surface area contributed by atoms with Crippen LogP contribution < -0.4 is 5.32 Å². The predicted molar refractivity (Wildman–Crippen MR) is 68.9 cm³/mol. The normalized spacial score (nSPS) is 9.78. The fourth-order valence-electron chi connectivity index (χ4n) is 1.36. The Kier molecular flexibility index (Phi) is 7.47. The van der Waals surface area contributed by atoms with Gasteiger partial charge in [0.2, 0.25) is 5.91 Å². The first-order chi connectivity index (χ1) is 8.04. The van der Waals surface area contributed by atoms with Crippen LogP contribution in [-0.2, 0) is 11.2 Å². The highest BCUT2D eigenvalue weighted by Crippen LogP contribution is 2.09. The number of hydrogen-bond donors (Lipinski definition) is 1. The number of rotatable bonds is 5. The molecule has 0 aliphatic rings. The summed E-state index contributed by atoms with van der Waals surface area (Å²) in [6.45, 7) is 1.28. The number of amides is 1. The van der Waals surface area contributed by atoms with Crippen LogP contribution in [0.4, 0.5) is 8.78 Å². The Morgan fingerprint density at radius 2 is 2.00 bits per heavy atom. The van der Waals surface area contributed by atoms with Crippen LogP contribution in [0.2, 0.25) is 0 Å². The Balaban J connectivity index is 0.00000289. The van der Waals surface area contributed by atoms with Crippen LogP contribution in [0.3, 0.4) is 0 Å². The monoisotopic (exact) mass is 278 g/mol. The molecule has 0 atom stereocenters. The molecule has 0 saturated heterocycles. The van der Waals surface area contributed by atoms with Crippen molar-refractivity contribution in [2.45, 2.75) is 6.42 Å². The lowest BCUT2D eigenvalue weighted by Crippen LogP contribution is -2.33. The first-order valence-electron chi connectivity index (χ1n) is 5.37. The van der Waals surface area contributed by atoms with Crippen LogP contribution in [0.15, 0.2) is 18.2 Å². The molecule has 0 radical (unpaired) electrons. The summed E-state index contributed by atoms with van der Waals surface area (Å²) in [5, 5.41) is 2.93. The zero-order chi connectivity index (χ0) is 12.8. The molecule has 0 aromatic heterocycles. The van der Waals surface area contributed by atoms with Gasteiger partial charge in [-0.1, -0.05) is 6.07 Å². The molecule has 0 spiro atoms. The van der Waals surface area contributed by atoms with Crippen molar-refractivity contribution in [1.29, 1.82) is 0 Å². The van der Waals surface area contributed by atoms with Gasteiger partial charge in [-0.3, -0.25) is 4.79 Å². The largest absolute Gasteiger partial charge is 0.344 e. The Labute approximate surface area is 112 Å². The summed E-state index contributed by atoms with van der Waals surface area (Å²) in [6.07, 6.45) is 0.0808. The molecule has 0 fully saturated rings. The third-order valence-electron chi connectivity index (χ3n) is 2.46. The van der Waals surface area contributed by atoms with Gasteiger partial charge in [0, 0.05) is 20.1 Å². The minimum atomic E-state index is -0.923. The first kappa shape index (κ1) is 16.8. The van der Waals surface area contributed by atoms with E-state index >= 15 is 0 Å². The minimum Gasteiger partial charge on any atom is -0.344 e. The highest BCUT2D eigenvalue weighted by molar-refractivity contribution is 5.85. The molecule has 18 heavy (non-hydrogen) atoms. The SMILES string of the molecule is CNCCN(C)C(=O)Cc1ccc(F)c(F)c1.Cl. The summed E-state index contributed by atoms with van der Waals surface area (Å²) in [5.74, 6) is -1.94. The maximum absolute atomic E-state index is 12.9. The molecular formula is C12H17ClF2N2O. The van der Waals surface area contributed by atoms with E-state index < -0.39 is 11.6 Å². The molecule has 1 aromatic carbocycles. The minimum absolute atomic E-state index is 0. The third-order valence-corrected chi connectivity index (χ3v) is 2.46. The number of carbonyl (C=O) groups is 1. The number of nitrogens with zero attached hydrogens (tertiary/aromatic N) is 1. The van der Waals surface area contributed by atoms with E-state index in [1.54, 1.807) is 19.0 Å². The standard InChI is InChI=1S/C12H16F2N2O.ClH/c1-15-5-6-16(2)12(17)8-9-3-4-10(13)11(14)7-9;/h3-4,7,15H,5-6,8H2,1-2H3;1H. The summed E-state index contributed by atoms with van der Waals surface area (Å²) in [5.41, 5.74) is 0.477. The van der Waals surface area contributed by atoms with E-state index in [2.05, 4.69) is 5.32 Å². The molecule has 0 saturated carbocycles. The first-order valence-corrected chi connectivity index (χ1v) is 5.37. The summed E-state index contributed by atoms with van der Waals surface area (Å²) in [7, 11) is 3.48. The van der Waals surface area contributed by atoms with Gasteiger partial charge in [0.15, 0.2) is 11.6 Å². The summed E-state index contributed by atoms with van der Waals surface area (Å²) in [4.78, 5) is 13.2. The molecule has 0 bridgehead atoms. The molecule has 0 unspecified atom stereocenters. The lowest BCUT2D eigenvalue weighted by molar-refractivity contribution is -0.129. The second-order valence-corrected chi connectivity index (χ2v) is 3.84. The number of likely N-dealkylation sites (N-methyl/N-ethyl adjacent to an activating group) is 2. The van der Waals surface area contributed by atoms with Gasteiger partial charge in [-0.2, -0.15) is 0 Å². The zero-order valence-electron chi connectivity index (χ0n) is 10.4. The second kappa shape index (κ2) is 8.00. The number of nitrogens with one attached hydrogen (secondary N) is 1. The van der Waals surface area contributed by atoms with Crippen LogP contribution >= 0.6 is 12.4 Å². The molecule has 1 N–H and O–H groups in total. The fourth-order valence-corrected chi connectivity index (χ4v) is 1.36. The molecule has 6 heteroatoms. The molecule has 1 aromatic rings. The Morgan fingerprint density at radius 1 is 1.33 bits per heavy atom. The average Bonchev–Trinajstić information content (AvgIpc) is 2.30. The van der Waals surface area contributed by atoms with E-state index in [0.29, 0.717) is 18.7 Å². The van der Waals surface area contributed by atoms with Crippen LogP contribution in [0.1, 0.15) is 5.56 Å². The molecule has 3 nitrogen and oxygen atoms in total. The molecule has 0 aliphatic carbocycles. The van der Waals surface area contributed by atoms with Gasteiger partial charge in [-0.05, 0) is 24.7 Å². The number of halogens is 3. The Bertz CT molecular complexity index is 402. The maximum Gasteiger partial charge on any atom is 0.226 e. The van der Waals surface area contributed by atoms with Gasteiger partial charge in [0.05, 0.1) is 6.42 Å². The van der Waals surface area contributed by atoms with Crippen LogP contribution in [0.5, 0.6) is 0 Å². The van der Waals surface area contributed by atoms with Gasteiger partial charge in [-0.15, -0.1) is 12.4 Å². The second-order valence-electron chi connectivity index (χ2n) is 3.84. The van der Waals surface area contributed by atoms with Crippen LogP contribution in [0, 0.1) is 11.6 Å². The van der Waals surface area contributed by atoms with Crippen molar-refractivity contribution in [1.82, 2.24) is 10.2 Å². The fraction of sp³-hybridized carbons (Fsp3) is 0.417. The van der Waals surface area contributed by atoms with Crippen molar-refractivity contribution in [3.05, 3.63) is 35.4 Å². The number of benzene rings is 1. The van der Waals surface area contributed by atoms with Gasteiger partial charge >= 0.3 is 0 Å². The average molecular weight is 279 g/mol. The quantitative estimate of drug-likeness (QED) is 0.887. The van der Waals surface area contributed by atoms with Crippen molar-refractivity contribution in [2.24, 2.45) is 0 Å². The summed E-state index contributed by atoms with van der Waals surface area (Å²) >= 11 is 0. The van der Waals surface area contributed by atoms with Gasteiger partial charge in [0.25, 0.3) is 0 Å². The van der Waals surface area contributed by atoms with Gasteiger partial charge < -0.3 is 10.2 Å². The maximum atomic E-state index is 12.9. The van der Waals surface area contributed by atoms with E-state index in [4.69, 9.17) is 0 Å². The predicted octanol–water partition coefficient (Wildman–Crippen LogP) is 1.61. The molecule has 0 heterocycles. The van der Waals surface area contributed by atoms with Crippen LogP contribution in [0.25, 0.3) is 0 Å². The lowest BCUT2D eigenvalue weighted by Gasteiger charge is -2.16. The van der Waals surface area contributed by atoms with E-state index in [1.165, 1.54) is 6.07 Å². The van der Waals surface area contributed by atoms with Gasteiger partial charge in [0.1, 0.15) is 0 Å². The number of hydrogen-bond acceptors (Lipinski definition) is 2. The van der Waals surface area contributed by atoms with E-state index in [-0.39, 0.29) is 24.7 Å². The van der Waals surface area contributed by atoms with E-state index in [9.17, 15) is 13.6 Å². The third kappa shape index (κ3) is 4.98.